The molecule has 0 unspecified atom stereocenters. The fourth-order valence-corrected chi connectivity index (χ4v) is 3.69. The van der Waals surface area contributed by atoms with Crippen molar-refractivity contribution in [3.8, 4) is 11.3 Å². The summed E-state index contributed by atoms with van der Waals surface area (Å²) in [5.41, 5.74) is 3.21. The number of nitrogens with one attached hydrogen (secondary N) is 2. The minimum Gasteiger partial charge on any atom is -0.465 e. The molecule has 9 heteroatoms. The zero-order valence-electron chi connectivity index (χ0n) is 19.7. The van der Waals surface area contributed by atoms with Crippen molar-refractivity contribution in [2.45, 2.75) is 6.54 Å². The summed E-state index contributed by atoms with van der Waals surface area (Å²) < 4.78 is 9.96. The Balaban J connectivity index is 1.87. The second kappa shape index (κ2) is 11.0. The maximum atomic E-state index is 12.9. The Hall–Kier alpha value is -4.92. The van der Waals surface area contributed by atoms with E-state index in [4.69, 9.17) is 9.47 Å². The highest BCUT2D eigenvalue weighted by atomic mass is 16.5. The molecule has 0 saturated carbocycles. The highest BCUT2D eigenvalue weighted by Crippen LogP contribution is 2.36. The Morgan fingerprint density at radius 2 is 1.75 bits per heavy atom. The van der Waals surface area contributed by atoms with Crippen LogP contribution in [0.15, 0.2) is 101 Å². The number of H-pyrrole nitrogens is 1. The topological polar surface area (TPSA) is 114 Å². The molecule has 3 aromatic rings. The van der Waals surface area contributed by atoms with Gasteiger partial charge in [0.2, 0.25) is 0 Å². The van der Waals surface area contributed by atoms with E-state index in [-0.39, 0.29) is 16.8 Å². The predicted octanol–water partition coefficient (Wildman–Crippen LogP) is 3.54. The highest BCUT2D eigenvalue weighted by molar-refractivity contribution is 6.06. The number of aromatic amines is 1. The first kappa shape index (κ1) is 24.2. The lowest BCUT2D eigenvalue weighted by atomic mass is 10.1. The molecule has 9 nitrogen and oxygen atoms in total. The molecule has 4 rings (SSSR count). The third-order valence-electron chi connectivity index (χ3n) is 5.45. The number of rotatable bonds is 7. The number of nitrogens with zero attached hydrogens (tertiary/aromatic N) is 2. The number of esters is 2. The average Bonchev–Trinajstić information content (AvgIpc) is 3.15. The van der Waals surface area contributed by atoms with E-state index in [1.807, 2.05) is 48.5 Å². The highest BCUT2D eigenvalue weighted by Gasteiger charge is 2.29. The van der Waals surface area contributed by atoms with Gasteiger partial charge in [-0.25, -0.2) is 14.7 Å². The Morgan fingerprint density at radius 1 is 0.972 bits per heavy atom. The number of ether oxygens (including phenoxy) is 2. The summed E-state index contributed by atoms with van der Waals surface area (Å²) in [5, 5.41) is 9.96. The normalized spacial score (nSPS) is 12.8. The molecule has 0 fully saturated rings. The van der Waals surface area contributed by atoms with Crippen LogP contribution in [-0.4, -0.2) is 36.4 Å². The number of carbonyl (C=O) groups excluding carboxylic acids is 2. The third kappa shape index (κ3) is 5.25. The second-order valence-electron chi connectivity index (χ2n) is 7.69. The van der Waals surface area contributed by atoms with Crippen LogP contribution >= 0.6 is 0 Å². The fraction of sp³-hybridized carbons (Fsp3) is 0.111. The first-order chi connectivity index (χ1) is 17.5. The summed E-state index contributed by atoms with van der Waals surface area (Å²) in [4.78, 5) is 38.6. The zero-order chi connectivity index (χ0) is 25.5. The van der Waals surface area contributed by atoms with Crippen molar-refractivity contribution in [3.05, 3.63) is 112 Å². The Bertz CT molecular complexity index is 1400. The number of hydrogen-bond donors (Lipinski definition) is 2. The van der Waals surface area contributed by atoms with Crippen molar-refractivity contribution in [2.24, 2.45) is 0 Å². The SMILES string of the molecule is COC(=O)C1=C(C(=O)OC)N(c2cc(-c3ccc(=O)[nH]n3)ccc2NCc2ccccc2)C=CC=C1. The maximum absolute atomic E-state index is 12.9. The van der Waals surface area contributed by atoms with Gasteiger partial charge in [-0.15, -0.1) is 0 Å². The predicted molar refractivity (Wildman–Crippen MR) is 136 cm³/mol. The average molecular weight is 485 g/mol. The van der Waals surface area contributed by atoms with Gasteiger partial charge in [-0.2, -0.15) is 5.10 Å². The van der Waals surface area contributed by atoms with E-state index in [0.717, 1.165) is 5.56 Å². The molecule has 0 saturated heterocycles. The van der Waals surface area contributed by atoms with Crippen LogP contribution in [0.3, 0.4) is 0 Å². The zero-order valence-corrected chi connectivity index (χ0v) is 19.7. The van der Waals surface area contributed by atoms with Crippen molar-refractivity contribution >= 4 is 23.3 Å². The molecule has 0 aliphatic carbocycles. The summed E-state index contributed by atoms with van der Waals surface area (Å²) in [5.74, 6) is -1.40. The van der Waals surface area contributed by atoms with Crippen molar-refractivity contribution in [1.82, 2.24) is 10.2 Å². The van der Waals surface area contributed by atoms with Crippen LogP contribution in [0, 0.1) is 0 Å². The van der Waals surface area contributed by atoms with Gasteiger partial charge in [-0.1, -0.05) is 42.5 Å². The summed E-state index contributed by atoms with van der Waals surface area (Å²) in [6, 6.07) is 18.3. The molecule has 182 valence electrons. The van der Waals surface area contributed by atoms with Crippen molar-refractivity contribution in [3.63, 3.8) is 0 Å². The Labute approximate surface area is 207 Å². The quantitative estimate of drug-likeness (QED) is 0.490. The molecule has 1 aliphatic rings. The minimum absolute atomic E-state index is 0.0105. The van der Waals surface area contributed by atoms with E-state index in [9.17, 15) is 14.4 Å². The van der Waals surface area contributed by atoms with Crippen LogP contribution in [-0.2, 0) is 25.6 Å². The van der Waals surface area contributed by atoms with Crippen LogP contribution in [0.4, 0.5) is 11.4 Å². The number of hydrogen-bond acceptors (Lipinski definition) is 8. The summed E-state index contributed by atoms with van der Waals surface area (Å²) >= 11 is 0. The van der Waals surface area contributed by atoms with Gasteiger partial charge in [0.15, 0.2) is 0 Å². The van der Waals surface area contributed by atoms with Crippen molar-refractivity contribution in [2.75, 3.05) is 24.4 Å². The van der Waals surface area contributed by atoms with E-state index in [1.165, 1.54) is 26.4 Å². The van der Waals surface area contributed by atoms with E-state index in [2.05, 4.69) is 15.5 Å². The van der Waals surface area contributed by atoms with Gasteiger partial charge in [0.1, 0.15) is 5.70 Å². The number of aromatic nitrogens is 2. The monoisotopic (exact) mass is 484 g/mol. The van der Waals surface area contributed by atoms with Gasteiger partial charge in [0, 0.05) is 24.4 Å². The Kier molecular flexibility index (Phi) is 7.40. The largest absolute Gasteiger partial charge is 0.465 e. The molecule has 0 radical (unpaired) electrons. The first-order valence-electron chi connectivity index (χ1n) is 11.0. The molecule has 2 aromatic carbocycles. The van der Waals surface area contributed by atoms with Gasteiger partial charge >= 0.3 is 11.9 Å². The van der Waals surface area contributed by atoms with Gasteiger partial charge in [0.25, 0.3) is 5.56 Å². The second-order valence-corrected chi connectivity index (χ2v) is 7.69. The summed E-state index contributed by atoms with van der Waals surface area (Å²) in [6.07, 6.45) is 6.50. The number of anilines is 2. The van der Waals surface area contributed by atoms with Crippen LogP contribution in [0.25, 0.3) is 11.3 Å². The van der Waals surface area contributed by atoms with Gasteiger partial charge in [-0.05, 0) is 35.9 Å². The molecule has 2 N–H and O–H groups in total. The molecule has 0 amide bonds. The van der Waals surface area contributed by atoms with Crippen molar-refractivity contribution in [1.29, 1.82) is 0 Å². The lowest BCUT2D eigenvalue weighted by molar-refractivity contribution is -0.139. The van der Waals surface area contributed by atoms with E-state index >= 15 is 0 Å². The minimum atomic E-state index is -0.715. The first-order valence-corrected chi connectivity index (χ1v) is 11.0. The molecule has 1 aromatic heterocycles. The molecule has 1 aliphatic heterocycles. The molecule has 0 bridgehead atoms. The molecule has 36 heavy (non-hydrogen) atoms. The van der Waals surface area contributed by atoms with Crippen LogP contribution in [0.2, 0.25) is 0 Å². The lowest BCUT2D eigenvalue weighted by Gasteiger charge is -2.26. The third-order valence-corrected chi connectivity index (χ3v) is 5.45. The molecular formula is C27H24N4O5. The Morgan fingerprint density at radius 3 is 2.44 bits per heavy atom. The van der Waals surface area contributed by atoms with E-state index in [1.54, 1.807) is 29.3 Å². The van der Waals surface area contributed by atoms with Crippen LogP contribution in [0.1, 0.15) is 5.56 Å². The summed E-state index contributed by atoms with van der Waals surface area (Å²) in [7, 11) is 2.49. The van der Waals surface area contributed by atoms with Gasteiger partial charge in [-0.3, -0.25) is 4.79 Å². The number of benzene rings is 2. The number of carbonyl (C=O) groups is 2. The van der Waals surface area contributed by atoms with E-state index in [0.29, 0.717) is 29.2 Å². The standard InChI is InChI=1S/C27H24N4O5/c1-35-26(33)20-10-6-7-15-31(25(20)27(34)36-2)23-16-19(21-13-14-24(32)30-29-21)11-12-22(23)28-17-18-8-4-3-5-9-18/h3-16,28H,17H2,1-2H3,(H,30,32). The maximum Gasteiger partial charge on any atom is 0.355 e. The van der Waals surface area contributed by atoms with Crippen molar-refractivity contribution < 1.29 is 19.1 Å². The number of methoxy groups -OCH3 is 2. The van der Waals surface area contributed by atoms with Crippen LogP contribution in [0.5, 0.6) is 0 Å². The molecular weight excluding hydrogens is 460 g/mol. The van der Waals surface area contributed by atoms with E-state index < -0.39 is 11.9 Å². The smallest absolute Gasteiger partial charge is 0.355 e. The molecule has 0 spiro atoms. The van der Waals surface area contributed by atoms with Gasteiger partial charge in [0.05, 0.1) is 36.9 Å². The lowest BCUT2D eigenvalue weighted by Crippen LogP contribution is -2.27. The van der Waals surface area contributed by atoms with Gasteiger partial charge < -0.3 is 19.7 Å². The van der Waals surface area contributed by atoms with Crippen LogP contribution < -0.4 is 15.8 Å². The molecule has 0 atom stereocenters. The molecule has 2 heterocycles. The fourth-order valence-electron chi connectivity index (χ4n) is 3.69. The number of allylic oxidation sites excluding steroid dienone is 2. The summed E-state index contributed by atoms with van der Waals surface area (Å²) in [6.45, 7) is 0.515.